The first-order valence-corrected chi connectivity index (χ1v) is 4.80. The first kappa shape index (κ1) is 9.43. The zero-order valence-corrected chi connectivity index (χ0v) is 8.55. The fourth-order valence-corrected chi connectivity index (χ4v) is 1.34. The Bertz CT molecular complexity index is 440. The van der Waals surface area contributed by atoms with E-state index in [-0.39, 0.29) is 5.88 Å². The van der Waals surface area contributed by atoms with E-state index in [2.05, 4.69) is 20.2 Å². The van der Waals surface area contributed by atoms with Crippen molar-refractivity contribution in [2.24, 2.45) is 0 Å². The van der Waals surface area contributed by atoms with E-state index < -0.39 is 0 Å². The Morgan fingerprint density at radius 3 is 2.93 bits per heavy atom. The van der Waals surface area contributed by atoms with Crippen molar-refractivity contribution in [1.29, 1.82) is 0 Å². The molecule has 1 N–H and O–H groups in total. The van der Waals surface area contributed by atoms with Crippen LogP contribution in [0.25, 0.3) is 11.5 Å². The predicted molar refractivity (Wildman–Crippen MR) is 54.2 cm³/mol. The number of H-pyrrole nitrogens is 1. The lowest BCUT2D eigenvalue weighted by atomic mass is 10.3. The zero-order chi connectivity index (χ0) is 9.97. The van der Waals surface area contributed by atoms with Crippen LogP contribution in [0.4, 0.5) is 0 Å². The van der Waals surface area contributed by atoms with Gasteiger partial charge in [0.25, 0.3) is 0 Å². The van der Waals surface area contributed by atoms with Crippen molar-refractivity contribution in [2.45, 2.75) is 5.88 Å². The fourth-order valence-electron chi connectivity index (χ4n) is 1.01. The summed E-state index contributed by atoms with van der Waals surface area (Å²) in [5.41, 5.74) is 0.557. The first-order valence-electron chi connectivity index (χ1n) is 3.89. The number of aromatic nitrogens is 4. The molecule has 0 aliphatic rings. The Hall–Kier alpha value is -1.13. The van der Waals surface area contributed by atoms with Crippen LogP contribution in [0.3, 0.4) is 0 Å². The van der Waals surface area contributed by atoms with Gasteiger partial charge in [-0.15, -0.1) is 11.6 Å². The van der Waals surface area contributed by atoms with E-state index in [0.29, 0.717) is 22.4 Å². The van der Waals surface area contributed by atoms with Gasteiger partial charge in [0.2, 0.25) is 5.82 Å². The quantitative estimate of drug-likeness (QED) is 0.803. The number of nitrogens with zero attached hydrogens (tertiary/aromatic N) is 3. The van der Waals surface area contributed by atoms with E-state index in [1.54, 1.807) is 18.3 Å². The van der Waals surface area contributed by atoms with E-state index in [1.165, 1.54) is 0 Å². The lowest BCUT2D eigenvalue weighted by molar-refractivity contribution is 1.02. The molecule has 0 spiro atoms. The summed E-state index contributed by atoms with van der Waals surface area (Å²) in [7, 11) is 0. The van der Waals surface area contributed by atoms with Crippen LogP contribution in [0.5, 0.6) is 0 Å². The Morgan fingerprint density at radius 2 is 2.29 bits per heavy atom. The van der Waals surface area contributed by atoms with Gasteiger partial charge >= 0.3 is 0 Å². The summed E-state index contributed by atoms with van der Waals surface area (Å²) >= 11 is 11.5. The van der Waals surface area contributed by atoms with Crippen LogP contribution in [0.2, 0.25) is 5.02 Å². The Labute approximate surface area is 90.3 Å². The van der Waals surface area contributed by atoms with Gasteiger partial charge in [-0.1, -0.05) is 11.6 Å². The van der Waals surface area contributed by atoms with Gasteiger partial charge in [0.05, 0.1) is 10.9 Å². The number of aromatic amines is 1. The van der Waals surface area contributed by atoms with Crippen LogP contribution < -0.4 is 0 Å². The maximum atomic E-state index is 5.92. The molecule has 0 saturated heterocycles. The molecule has 0 fully saturated rings. The van der Waals surface area contributed by atoms with Crippen molar-refractivity contribution in [3.63, 3.8) is 0 Å². The second-order valence-corrected chi connectivity index (χ2v) is 3.25. The lowest BCUT2D eigenvalue weighted by Gasteiger charge is -1.95. The van der Waals surface area contributed by atoms with Gasteiger partial charge in [0, 0.05) is 6.20 Å². The molecule has 14 heavy (non-hydrogen) atoms. The average molecular weight is 229 g/mol. The fraction of sp³-hybridized carbons (Fsp3) is 0.125. The van der Waals surface area contributed by atoms with E-state index in [4.69, 9.17) is 23.2 Å². The van der Waals surface area contributed by atoms with Crippen LogP contribution in [-0.2, 0) is 5.88 Å². The summed E-state index contributed by atoms with van der Waals surface area (Å²) in [5, 5.41) is 7.16. The number of alkyl halides is 1. The third-order valence-corrected chi connectivity index (χ3v) is 2.19. The van der Waals surface area contributed by atoms with Crippen LogP contribution in [0.1, 0.15) is 5.82 Å². The van der Waals surface area contributed by atoms with Crippen LogP contribution in [0.15, 0.2) is 18.3 Å². The number of halogens is 2. The third kappa shape index (κ3) is 1.71. The molecule has 0 radical (unpaired) electrons. The number of nitrogens with one attached hydrogen (secondary N) is 1. The average Bonchev–Trinajstić information content (AvgIpc) is 2.67. The summed E-state index contributed by atoms with van der Waals surface area (Å²) in [5.74, 6) is 1.35. The molecule has 4 nitrogen and oxygen atoms in total. The van der Waals surface area contributed by atoms with E-state index in [1.807, 2.05) is 0 Å². The van der Waals surface area contributed by atoms with Crippen molar-refractivity contribution in [3.8, 4) is 11.5 Å². The maximum Gasteiger partial charge on any atom is 0.201 e. The SMILES string of the molecule is ClCc1nc(-c2ncccc2Cl)n[nH]1. The molecule has 2 heterocycles. The zero-order valence-electron chi connectivity index (χ0n) is 7.04. The van der Waals surface area contributed by atoms with E-state index >= 15 is 0 Å². The van der Waals surface area contributed by atoms with Crippen molar-refractivity contribution in [2.75, 3.05) is 0 Å². The smallest absolute Gasteiger partial charge is 0.201 e. The summed E-state index contributed by atoms with van der Waals surface area (Å²) in [6.45, 7) is 0. The summed E-state index contributed by atoms with van der Waals surface area (Å²) < 4.78 is 0. The molecule has 2 rings (SSSR count). The van der Waals surface area contributed by atoms with Gasteiger partial charge in [-0.3, -0.25) is 10.1 Å². The number of hydrogen-bond donors (Lipinski definition) is 1. The Morgan fingerprint density at radius 1 is 1.43 bits per heavy atom. The summed E-state index contributed by atoms with van der Waals surface area (Å²) in [6, 6.07) is 3.49. The molecule has 6 heteroatoms. The minimum absolute atomic E-state index is 0.289. The molecule has 0 saturated carbocycles. The maximum absolute atomic E-state index is 5.92. The van der Waals surface area contributed by atoms with Crippen molar-refractivity contribution in [3.05, 3.63) is 29.2 Å². The molecule has 2 aromatic heterocycles. The third-order valence-electron chi connectivity index (χ3n) is 1.63. The molecular formula is C8H6Cl2N4. The highest BCUT2D eigenvalue weighted by atomic mass is 35.5. The topological polar surface area (TPSA) is 54.5 Å². The minimum atomic E-state index is 0.289. The van der Waals surface area contributed by atoms with Gasteiger partial charge in [-0.2, -0.15) is 5.10 Å². The van der Waals surface area contributed by atoms with Crippen molar-refractivity contribution < 1.29 is 0 Å². The molecule has 0 bridgehead atoms. The molecule has 0 unspecified atom stereocenters. The second kappa shape index (κ2) is 3.94. The first-order chi connectivity index (χ1) is 6.81. The molecule has 0 aliphatic heterocycles. The van der Waals surface area contributed by atoms with Gasteiger partial charge in [0.1, 0.15) is 11.5 Å². The normalized spacial score (nSPS) is 10.4. The highest BCUT2D eigenvalue weighted by molar-refractivity contribution is 6.32. The summed E-state index contributed by atoms with van der Waals surface area (Å²) in [4.78, 5) is 8.19. The molecule has 2 aromatic rings. The highest BCUT2D eigenvalue weighted by Crippen LogP contribution is 2.21. The van der Waals surface area contributed by atoms with Crippen LogP contribution in [-0.4, -0.2) is 20.2 Å². The van der Waals surface area contributed by atoms with Gasteiger partial charge in [-0.05, 0) is 12.1 Å². The number of pyridine rings is 1. The van der Waals surface area contributed by atoms with Crippen LogP contribution >= 0.6 is 23.2 Å². The van der Waals surface area contributed by atoms with Gasteiger partial charge < -0.3 is 0 Å². The Balaban J connectivity index is 2.44. The van der Waals surface area contributed by atoms with Gasteiger partial charge in [-0.25, -0.2) is 4.98 Å². The molecule has 72 valence electrons. The lowest BCUT2D eigenvalue weighted by Crippen LogP contribution is -1.86. The molecule has 0 atom stereocenters. The molecule has 0 aliphatic carbocycles. The Kier molecular flexibility index (Phi) is 2.65. The number of hydrogen-bond acceptors (Lipinski definition) is 3. The van der Waals surface area contributed by atoms with E-state index in [0.717, 1.165) is 0 Å². The van der Waals surface area contributed by atoms with Crippen molar-refractivity contribution >= 4 is 23.2 Å². The monoisotopic (exact) mass is 228 g/mol. The molecule has 0 amide bonds. The second-order valence-electron chi connectivity index (χ2n) is 2.57. The molecule has 0 aromatic carbocycles. The van der Waals surface area contributed by atoms with Crippen LogP contribution in [0, 0.1) is 0 Å². The molecular weight excluding hydrogens is 223 g/mol. The van der Waals surface area contributed by atoms with E-state index in [9.17, 15) is 0 Å². The number of rotatable bonds is 2. The largest absolute Gasteiger partial charge is 0.262 e. The van der Waals surface area contributed by atoms with Crippen molar-refractivity contribution in [1.82, 2.24) is 20.2 Å². The standard InChI is InChI=1S/C8H6Cl2N4/c9-4-6-12-8(14-13-6)7-5(10)2-1-3-11-7/h1-3H,4H2,(H,12,13,14). The highest BCUT2D eigenvalue weighted by Gasteiger charge is 2.09. The predicted octanol–water partition coefficient (Wildman–Crippen LogP) is 2.26. The summed E-state index contributed by atoms with van der Waals surface area (Å²) in [6.07, 6.45) is 1.64. The van der Waals surface area contributed by atoms with Gasteiger partial charge in [0.15, 0.2) is 0 Å². The minimum Gasteiger partial charge on any atom is -0.262 e.